The molecule has 2 amide bonds. The zero-order valence-corrected chi connectivity index (χ0v) is 13.4. The molecular weight excluding hydrogens is 264 g/mol. The van der Waals surface area contributed by atoms with Crippen molar-refractivity contribution in [1.82, 2.24) is 10.2 Å². The second-order valence-electron chi connectivity index (χ2n) is 5.75. The molecule has 0 aliphatic carbocycles. The zero-order chi connectivity index (χ0) is 15.8. The molecule has 1 atom stereocenters. The van der Waals surface area contributed by atoms with Gasteiger partial charge in [-0.05, 0) is 18.4 Å². The summed E-state index contributed by atoms with van der Waals surface area (Å²) in [6, 6.07) is 9.84. The number of nitrogens with one attached hydrogen (secondary N) is 1. The van der Waals surface area contributed by atoms with Gasteiger partial charge in [0.25, 0.3) is 0 Å². The van der Waals surface area contributed by atoms with E-state index in [1.165, 1.54) is 0 Å². The molecule has 0 radical (unpaired) electrons. The predicted octanol–water partition coefficient (Wildman–Crippen LogP) is 2.76. The van der Waals surface area contributed by atoms with Gasteiger partial charge in [0, 0.05) is 26.4 Å². The van der Waals surface area contributed by atoms with E-state index < -0.39 is 0 Å². The number of carbonyl (C=O) groups is 2. The lowest BCUT2D eigenvalue weighted by atomic mass is 10.1. The van der Waals surface area contributed by atoms with Crippen LogP contribution in [0, 0.1) is 5.92 Å². The second-order valence-corrected chi connectivity index (χ2v) is 5.75. The lowest BCUT2D eigenvalue weighted by Crippen LogP contribution is -2.36. The number of hydrogen-bond acceptors (Lipinski definition) is 2. The number of nitrogens with zero attached hydrogens (tertiary/aromatic N) is 1. The van der Waals surface area contributed by atoms with Crippen LogP contribution in [-0.4, -0.2) is 29.8 Å². The van der Waals surface area contributed by atoms with Crippen LogP contribution in [0.3, 0.4) is 0 Å². The lowest BCUT2D eigenvalue weighted by Gasteiger charge is -2.28. The molecule has 1 rings (SSSR count). The first-order valence-corrected chi connectivity index (χ1v) is 7.50. The Morgan fingerprint density at radius 1 is 1.14 bits per heavy atom. The molecule has 1 aromatic carbocycles. The second kappa shape index (κ2) is 8.45. The Balaban J connectivity index is 2.58. The maximum Gasteiger partial charge on any atom is 0.221 e. The van der Waals surface area contributed by atoms with Crippen LogP contribution in [-0.2, 0) is 9.59 Å². The molecule has 1 unspecified atom stereocenters. The molecular formula is C17H26N2O2. The molecule has 0 heterocycles. The smallest absolute Gasteiger partial charge is 0.221 e. The van der Waals surface area contributed by atoms with Gasteiger partial charge in [0.05, 0.1) is 6.04 Å². The van der Waals surface area contributed by atoms with Gasteiger partial charge in [0.15, 0.2) is 0 Å². The van der Waals surface area contributed by atoms with E-state index in [0.29, 0.717) is 25.4 Å². The van der Waals surface area contributed by atoms with Gasteiger partial charge < -0.3 is 10.2 Å². The van der Waals surface area contributed by atoms with Gasteiger partial charge in [-0.3, -0.25) is 9.59 Å². The first kappa shape index (κ1) is 17.2. The Kier molecular flexibility index (Phi) is 6.92. The molecule has 0 aliphatic rings. The highest BCUT2D eigenvalue weighted by atomic mass is 16.2. The molecule has 21 heavy (non-hydrogen) atoms. The summed E-state index contributed by atoms with van der Waals surface area (Å²) in [6.07, 6.45) is 0.337. The van der Waals surface area contributed by atoms with Crippen molar-refractivity contribution >= 4 is 11.8 Å². The van der Waals surface area contributed by atoms with Crippen molar-refractivity contribution < 1.29 is 9.59 Å². The Morgan fingerprint density at radius 3 is 2.29 bits per heavy atom. The van der Waals surface area contributed by atoms with E-state index in [1.54, 1.807) is 11.8 Å². The van der Waals surface area contributed by atoms with Crippen LogP contribution in [0.1, 0.15) is 45.7 Å². The zero-order valence-electron chi connectivity index (χ0n) is 13.4. The minimum atomic E-state index is -0.0263. The fourth-order valence-electron chi connectivity index (χ4n) is 2.16. The first-order chi connectivity index (χ1) is 9.91. The first-order valence-electron chi connectivity index (χ1n) is 7.50. The minimum absolute atomic E-state index is 0.00443. The third kappa shape index (κ3) is 5.98. The van der Waals surface area contributed by atoms with Crippen molar-refractivity contribution in [3.63, 3.8) is 0 Å². The molecule has 4 heteroatoms. The summed E-state index contributed by atoms with van der Waals surface area (Å²) >= 11 is 0. The van der Waals surface area contributed by atoms with Crippen LogP contribution in [0.15, 0.2) is 30.3 Å². The van der Waals surface area contributed by atoms with Gasteiger partial charge in [-0.2, -0.15) is 0 Å². The van der Waals surface area contributed by atoms with Crippen molar-refractivity contribution in [3.8, 4) is 0 Å². The standard InChI is InChI=1S/C17H26N2O2/c1-13(2)12-18-17(21)10-11-19(15(4)20)14(3)16-8-6-5-7-9-16/h5-9,13-14H,10-12H2,1-4H3,(H,18,21). The van der Waals surface area contributed by atoms with Crippen molar-refractivity contribution in [3.05, 3.63) is 35.9 Å². The fraction of sp³-hybridized carbons (Fsp3) is 0.529. The van der Waals surface area contributed by atoms with Crippen LogP contribution < -0.4 is 5.32 Å². The molecule has 0 spiro atoms. The molecule has 0 saturated carbocycles. The van der Waals surface area contributed by atoms with E-state index in [1.807, 2.05) is 37.3 Å². The van der Waals surface area contributed by atoms with E-state index in [4.69, 9.17) is 0 Å². The van der Waals surface area contributed by atoms with Gasteiger partial charge in [-0.1, -0.05) is 44.2 Å². The van der Waals surface area contributed by atoms with Gasteiger partial charge in [0.2, 0.25) is 11.8 Å². The minimum Gasteiger partial charge on any atom is -0.356 e. The molecule has 0 aliphatic heterocycles. The van der Waals surface area contributed by atoms with E-state index in [9.17, 15) is 9.59 Å². The van der Waals surface area contributed by atoms with Gasteiger partial charge >= 0.3 is 0 Å². The molecule has 4 nitrogen and oxygen atoms in total. The van der Waals surface area contributed by atoms with Crippen LogP contribution in [0.4, 0.5) is 0 Å². The van der Waals surface area contributed by atoms with Crippen LogP contribution in [0.2, 0.25) is 0 Å². The SMILES string of the molecule is CC(=O)N(CCC(=O)NCC(C)C)C(C)c1ccccc1. The molecule has 1 N–H and O–H groups in total. The maximum absolute atomic E-state index is 11.8. The number of benzene rings is 1. The lowest BCUT2D eigenvalue weighted by molar-refractivity contribution is -0.131. The molecule has 0 bridgehead atoms. The summed E-state index contributed by atoms with van der Waals surface area (Å²) in [4.78, 5) is 25.4. The Bertz CT molecular complexity index is 457. The van der Waals surface area contributed by atoms with Gasteiger partial charge in [-0.25, -0.2) is 0 Å². The predicted molar refractivity (Wildman–Crippen MR) is 84.7 cm³/mol. The molecule has 1 aromatic rings. The summed E-state index contributed by atoms with van der Waals surface area (Å²) in [5.41, 5.74) is 1.08. The number of rotatable bonds is 7. The van der Waals surface area contributed by atoms with E-state index in [-0.39, 0.29) is 17.9 Å². The molecule has 0 saturated heterocycles. The van der Waals surface area contributed by atoms with Crippen LogP contribution in [0.25, 0.3) is 0 Å². The monoisotopic (exact) mass is 290 g/mol. The third-order valence-corrected chi connectivity index (χ3v) is 3.44. The Morgan fingerprint density at radius 2 is 1.76 bits per heavy atom. The summed E-state index contributed by atoms with van der Waals surface area (Å²) in [7, 11) is 0. The fourth-order valence-corrected chi connectivity index (χ4v) is 2.16. The quantitative estimate of drug-likeness (QED) is 0.839. The number of hydrogen-bond donors (Lipinski definition) is 1. The third-order valence-electron chi connectivity index (χ3n) is 3.44. The Labute approximate surface area is 127 Å². The highest BCUT2D eigenvalue weighted by Gasteiger charge is 2.19. The largest absolute Gasteiger partial charge is 0.356 e. The normalized spacial score (nSPS) is 12.0. The number of carbonyl (C=O) groups excluding carboxylic acids is 2. The summed E-state index contributed by atoms with van der Waals surface area (Å²) in [6.45, 7) is 8.76. The highest BCUT2D eigenvalue weighted by Crippen LogP contribution is 2.20. The van der Waals surface area contributed by atoms with Crippen molar-refractivity contribution in [2.75, 3.05) is 13.1 Å². The maximum atomic E-state index is 11.8. The highest BCUT2D eigenvalue weighted by molar-refractivity contribution is 5.78. The van der Waals surface area contributed by atoms with Crippen LogP contribution >= 0.6 is 0 Å². The van der Waals surface area contributed by atoms with Crippen molar-refractivity contribution in [2.45, 2.75) is 40.2 Å². The summed E-state index contributed by atoms with van der Waals surface area (Å²) in [5, 5.41) is 2.88. The Hall–Kier alpha value is -1.84. The topological polar surface area (TPSA) is 49.4 Å². The van der Waals surface area contributed by atoms with Gasteiger partial charge in [-0.15, -0.1) is 0 Å². The molecule has 0 aromatic heterocycles. The van der Waals surface area contributed by atoms with Crippen LogP contribution in [0.5, 0.6) is 0 Å². The van der Waals surface area contributed by atoms with E-state index in [0.717, 1.165) is 5.56 Å². The molecule has 116 valence electrons. The summed E-state index contributed by atoms with van der Waals surface area (Å²) in [5.74, 6) is 0.416. The van der Waals surface area contributed by atoms with Crippen molar-refractivity contribution in [2.24, 2.45) is 5.92 Å². The molecule has 0 fully saturated rings. The average Bonchev–Trinajstić information content (AvgIpc) is 2.45. The van der Waals surface area contributed by atoms with Gasteiger partial charge in [0.1, 0.15) is 0 Å². The van der Waals surface area contributed by atoms with E-state index in [2.05, 4.69) is 19.2 Å². The summed E-state index contributed by atoms with van der Waals surface area (Å²) < 4.78 is 0. The average molecular weight is 290 g/mol. The van der Waals surface area contributed by atoms with E-state index >= 15 is 0 Å². The van der Waals surface area contributed by atoms with Crippen molar-refractivity contribution in [1.29, 1.82) is 0 Å². The number of amides is 2.